The molecule has 1 amide bonds. The number of hydrogen-bond acceptors (Lipinski definition) is 3. The molecule has 122 valence electrons. The molecule has 0 spiro atoms. The highest BCUT2D eigenvalue weighted by Gasteiger charge is 2.30. The Labute approximate surface area is 128 Å². The van der Waals surface area contributed by atoms with Gasteiger partial charge in [0.1, 0.15) is 0 Å². The minimum atomic E-state index is -4.51. The maximum absolute atomic E-state index is 12.6. The molecule has 0 fully saturated rings. The summed E-state index contributed by atoms with van der Waals surface area (Å²) in [4.78, 5) is 25.2. The van der Waals surface area contributed by atoms with E-state index in [0.717, 1.165) is 18.2 Å². The number of benzene rings is 1. The van der Waals surface area contributed by atoms with Crippen molar-refractivity contribution in [2.45, 2.75) is 12.3 Å². The zero-order chi connectivity index (χ0) is 17.0. The molecule has 1 atom stereocenters. The van der Waals surface area contributed by atoms with Crippen LogP contribution in [0.1, 0.15) is 27.6 Å². The van der Waals surface area contributed by atoms with E-state index in [1.807, 2.05) is 0 Å². The second-order valence-electron chi connectivity index (χ2n) is 4.79. The Balaban J connectivity index is 2.04. The number of nitrogens with one attached hydrogen (secondary N) is 2. The van der Waals surface area contributed by atoms with Crippen molar-refractivity contribution in [3.05, 3.63) is 69.6 Å². The summed E-state index contributed by atoms with van der Waals surface area (Å²) in [6.07, 6.45) is -4.52. The van der Waals surface area contributed by atoms with Gasteiger partial charge in [0, 0.05) is 24.4 Å². The van der Waals surface area contributed by atoms with Crippen LogP contribution in [0.3, 0.4) is 0 Å². The third-order valence-electron chi connectivity index (χ3n) is 3.09. The molecular formula is C15H13F3N2O3. The van der Waals surface area contributed by atoms with E-state index in [1.165, 1.54) is 24.4 Å². The number of aliphatic hydroxyl groups is 1. The first-order valence-corrected chi connectivity index (χ1v) is 6.59. The maximum Gasteiger partial charge on any atom is 0.416 e. The van der Waals surface area contributed by atoms with E-state index >= 15 is 0 Å². The van der Waals surface area contributed by atoms with Crippen LogP contribution in [-0.4, -0.2) is 22.5 Å². The van der Waals surface area contributed by atoms with E-state index < -0.39 is 29.3 Å². The van der Waals surface area contributed by atoms with Gasteiger partial charge in [0.2, 0.25) is 5.56 Å². The van der Waals surface area contributed by atoms with E-state index in [9.17, 15) is 27.9 Å². The molecule has 0 aliphatic carbocycles. The van der Waals surface area contributed by atoms with E-state index in [4.69, 9.17) is 0 Å². The van der Waals surface area contributed by atoms with E-state index in [2.05, 4.69) is 10.3 Å². The van der Waals surface area contributed by atoms with Gasteiger partial charge in [0.25, 0.3) is 5.91 Å². The molecule has 1 heterocycles. The minimum Gasteiger partial charge on any atom is -0.387 e. The lowest BCUT2D eigenvalue weighted by atomic mass is 10.1. The molecule has 0 saturated carbocycles. The number of carbonyl (C=O) groups excluding carboxylic acids is 1. The second kappa shape index (κ2) is 6.66. The average Bonchev–Trinajstić information content (AvgIpc) is 2.51. The minimum absolute atomic E-state index is 0.0334. The highest BCUT2D eigenvalue weighted by Crippen LogP contribution is 2.30. The fourth-order valence-corrected chi connectivity index (χ4v) is 1.92. The Morgan fingerprint density at radius 2 is 2.00 bits per heavy atom. The van der Waals surface area contributed by atoms with Crippen LogP contribution in [0.5, 0.6) is 0 Å². The van der Waals surface area contributed by atoms with Gasteiger partial charge in [-0.1, -0.05) is 12.1 Å². The van der Waals surface area contributed by atoms with Crippen LogP contribution < -0.4 is 10.9 Å². The van der Waals surface area contributed by atoms with Crippen LogP contribution in [-0.2, 0) is 6.18 Å². The van der Waals surface area contributed by atoms with Crippen LogP contribution >= 0.6 is 0 Å². The number of aromatic nitrogens is 1. The molecule has 0 aliphatic heterocycles. The number of halogens is 3. The van der Waals surface area contributed by atoms with Gasteiger partial charge < -0.3 is 15.4 Å². The molecule has 5 nitrogen and oxygen atoms in total. The Morgan fingerprint density at radius 3 is 2.65 bits per heavy atom. The number of carbonyl (C=O) groups is 1. The first kappa shape index (κ1) is 16.8. The van der Waals surface area contributed by atoms with Gasteiger partial charge in [0.05, 0.1) is 11.7 Å². The summed E-state index contributed by atoms with van der Waals surface area (Å²) in [6, 6.07) is 6.67. The van der Waals surface area contributed by atoms with Crippen LogP contribution in [0.25, 0.3) is 0 Å². The maximum atomic E-state index is 12.6. The first-order chi connectivity index (χ1) is 10.8. The van der Waals surface area contributed by atoms with Gasteiger partial charge in [-0.3, -0.25) is 9.59 Å². The Morgan fingerprint density at radius 1 is 1.26 bits per heavy atom. The third kappa shape index (κ3) is 4.43. The van der Waals surface area contributed by atoms with Crippen molar-refractivity contribution in [1.82, 2.24) is 10.3 Å². The molecule has 0 aliphatic rings. The van der Waals surface area contributed by atoms with Crippen molar-refractivity contribution in [2.75, 3.05) is 6.54 Å². The second-order valence-corrected chi connectivity index (χ2v) is 4.79. The number of pyridine rings is 1. The quantitative estimate of drug-likeness (QED) is 0.802. The van der Waals surface area contributed by atoms with Gasteiger partial charge in [-0.25, -0.2) is 0 Å². The predicted molar refractivity (Wildman–Crippen MR) is 75.8 cm³/mol. The molecule has 1 aromatic heterocycles. The summed E-state index contributed by atoms with van der Waals surface area (Å²) in [5, 5.41) is 12.3. The zero-order valence-electron chi connectivity index (χ0n) is 11.7. The van der Waals surface area contributed by atoms with Crippen molar-refractivity contribution in [1.29, 1.82) is 0 Å². The van der Waals surface area contributed by atoms with Crippen molar-refractivity contribution >= 4 is 5.91 Å². The van der Waals surface area contributed by atoms with Crippen molar-refractivity contribution in [2.24, 2.45) is 0 Å². The zero-order valence-corrected chi connectivity index (χ0v) is 11.7. The van der Waals surface area contributed by atoms with E-state index in [-0.39, 0.29) is 17.7 Å². The standard InChI is InChI=1S/C15H13F3N2O3/c16-15(17,18)11-3-1-2-9(6-11)12(21)8-20-14(23)10-4-5-19-13(22)7-10/h1-7,12,21H,8H2,(H,19,22)(H,20,23). The number of H-pyrrole nitrogens is 1. The number of hydrogen-bond donors (Lipinski definition) is 3. The summed E-state index contributed by atoms with van der Waals surface area (Å²) in [5.74, 6) is -0.609. The lowest BCUT2D eigenvalue weighted by Crippen LogP contribution is -2.29. The summed E-state index contributed by atoms with van der Waals surface area (Å²) < 4.78 is 37.9. The number of aromatic amines is 1. The van der Waals surface area contributed by atoms with Crippen LogP contribution in [0.2, 0.25) is 0 Å². The first-order valence-electron chi connectivity index (χ1n) is 6.59. The summed E-state index contributed by atoms with van der Waals surface area (Å²) in [6.45, 7) is -0.285. The molecular weight excluding hydrogens is 313 g/mol. The molecule has 1 unspecified atom stereocenters. The fourth-order valence-electron chi connectivity index (χ4n) is 1.92. The smallest absolute Gasteiger partial charge is 0.387 e. The van der Waals surface area contributed by atoms with Crippen molar-refractivity contribution in [3.63, 3.8) is 0 Å². The SMILES string of the molecule is O=C(NCC(O)c1cccc(C(F)(F)F)c1)c1cc[nH]c(=O)c1. The number of rotatable bonds is 4. The lowest BCUT2D eigenvalue weighted by Gasteiger charge is -2.14. The van der Waals surface area contributed by atoms with Gasteiger partial charge in [-0.05, 0) is 23.8 Å². The molecule has 2 rings (SSSR count). The summed E-state index contributed by atoms with van der Waals surface area (Å²) in [7, 11) is 0. The molecule has 0 radical (unpaired) electrons. The third-order valence-corrected chi connectivity index (χ3v) is 3.09. The molecule has 0 saturated heterocycles. The average molecular weight is 326 g/mol. The van der Waals surface area contributed by atoms with Gasteiger partial charge in [-0.15, -0.1) is 0 Å². The summed E-state index contributed by atoms with van der Waals surface area (Å²) in [5.41, 5.74) is -1.22. The van der Waals surface area contributed by atoms with Crippen LogP contribution in [0.4, 0.5) is 13.2 Å². The molecule has 2 aromatic rings. The van der Waals surface area contributed by atoms with Crippen LogP contribution in [0.15, 0.2) is 47.4 Å². The van der Waals surface area contributed by atoms with Gasteiger partial charge >= 0.3 is 6.18 Å². The topological polar surface area (TPSA) is 82.2 Å². The predicted octanol–water partition coefficient (Wildman–Crippen LogP) is 1.86. The van der Waals surface area contributed by atoms with Crippen molar-refractivity contribution in [3.8, 4) is 0 Å². The molecule has 0 bridgehead atoms. The number of amides is 1. The largest absolute Gasteiger partial charge is 0.416 e. The molecule has 1 aromatic carbocycles. The van der Waals surface area contributed by atoms with Crippen LogP contribution in [0, 0.1) is 0 Å². The van der Waals surface area contributed by atoms with Crippen molar-refractivity contribution < 1.29 is 23.1 Å². The number of alkyl halides is 3. The Hall–Kier alpha value is -2.61. The van der Waals surface area contributed by atoms with E-state index in [0.29, 0.717) is 0 Å². The molecule has 23 heavy (non-hydrogen) atoms. The normalized spacial score (nSPS) is 12.7. The molecule has 8 heteroatoms. The van der Waals surface area contributed by atoms with Gasteiger partial charge in [-0.2, -0.15) is 13.2 Å². The lowest BCUT2D eigenvalue weighted by molar-refractivity contribution is -0.137. The summed E-state index contributed by atoms with van der Waals surface area (Å²) >= 11 is 0. The number of aliphatic hydroxyl groups excluding tert-OH is 1. The molecule has 3 N–H and O–H groups in total. The fraction of sp³-hybridized carbons (Fsp3) is 0.200. The Kier molecular flexibility index (Phi) is 4.85. The van der Waals surface area contributed by atoms with Gasteiger partial charge in [0.15, 0.2) is 0 Å². The monoisotopic (exact) mass is 326 g/mol. The highest BCUT2D eigenvalue weighted by molar-refractivity contribution is 5.93. The Bertz CT molecular complexity index is 756. The highest BCUT2D eigenvalue weighted by atomic mass is 19.4. The van der Waals surface area contributed by atoms with E-state index in [1.54, 1.807) is 0 Å².